The van der Waals surface area contributed by atoms with Crippen molar-refractivity contribution in [3.05, 3.63) is 34.9 Å². The summed E-state index contributed by atoms with van der Waals surface area (Å²) >= 11 is 0. The van der Waals surface area contributed by atoms with Crippen LogP contribution in [0.25, 0.3) is 0 Å². The number of benzene rings is 1. The Labute approximate surface area is 116 Å². The Kier molecular flexibility index (Phi) is 4.66. The third kappa shape index (κ3) is 4.21. The number of rotatable bonds is 3. The van der Waals surface area contributed by atoms with Gasteiger partial charge in [-0.05, 0) is 30.7 Å². The largest absolute Gasteiger partial charge is 0.416 e. The Balaban J connectivity index is 3.49. The lowest BCUT2D eigenvalue weighted by molar-refractivity contribution is -0.142. The number of hydrogen-bond donors (Lipinski definition) is 0. The summed E-state index contributed by atoms with van der Waals surface area (Å²) in [5, 5.41) is 8.86. The highest BCUT2D eigenvalue weighted by molar-refractivity contribution is 5.77. The lowest BCUT2D eigenvalue weighted by Crippen LogP contribution is -2.15. The average molecular weight is 309 g/mol. The fourth-order valence-corrected chi connectivity index (χ4v) is 1.80. The van der Waals surface area contributed by atoms with Crippen LogP contribution < -0.4 is 0 Å². The Morgan fingerprint density at radius 1 is 1.19 bits per heavy atom. The van der Waals surface area contributed by atoms with E-state index in [2.05, 4.69) is 0 Å². The lowest BCUT2D eigenvalue weighted by atomic mass is 9.89. The van der Waals surface area contributed by atoms with Crippen molar-refractivity contribution in [2.75, 3.05) is 0 Å². The van der Waals surface area contributed by atoms with E-state index in [1.54, 1.807) is 0 Å². The van der Waals surface area contributed by atoms with Gasteiger partial charge in [0.2, 0.25) is 0 Å². The van der Waals surface area contributed by atoms with E-state index in [1.807, 2.05) is 0 Å². The van der Waals surface area contributed by atoms with Crippen LogP contribution in [-0.2, 0) is 17.1 Å². The molecule has 21 heavy (non-hydrogen) atoms. The maximum absolute atomic E-state index is 12.8. The molecule has 0 saturated heterocycles. The summed E-state index contributed by atoms with van der Waals surface area (Å²) in [5.74, 6) is -2.17. The standard InChI is InChI=1S/C13H9F6NO/c1-7(21)4-8(6-20)10-5-9(12(14,15)16)2-3-11(10)13(17,18)19/h2-3,5,8H,4H2,1H3. The number of hydrogen-bond acceptors (Lipinski definition) is 2. The lowest BCUT2D eigenvalue weighted by Gasteiger charge is -2.18. The number of nitriles is 1. The number of nitrogens with zero attached hydrogens (tertiary/aromatic N) is 1. The van der Waals surface area contributed by atoms with Crippen molar-refractivity contribution >= 4 is 5.78 Å². The minimum Gasteiger partial charge on any atom is -0.300 e. The van der Waals surface area contributed by atoms with Crippen molar-refractivity contribution in [1.29, 1.82) is 5.26 Å². The normalized spacial score (nSPS) is 13.6. The maximum Gasteiger partial charge on any atom is 0.416 e. The second kappa shape index (κ2) is 5.76. The molecule has 1 aromatic rings. The van der Waals surface area contributed by atoms with E-state index < -0.39 is 47.2 Å². The molecule has 0 N–H and O–H groups in total. The van der Waals surface area contributed by atoms with E-state index >= 15 is 0 Å². The summed E-state index contributed by atoms with van der Waals surface area (Å²) in [6, 6.07) is 2.31. The molecule has 1 rings (SSSR count). The molecular weight excluding hydrogens is 300 g/mol. The molecule has 0 aliphatic heterocycles. The summed E-state index contributed by atoms with van der Waals surface area (Å²) in [6.45, 7) is 1.05. The monoisotopic (exact) mass is 309 g/mol. The highest BCUT2D eigenvalue weighted by atomic mass is 19.4. The first kappa shape index (κ1) is 17.0. The van der Waals surface area contributed by atoms with Crippen LogP contribution in [0.3, 0.4) is 0 Å². The zero-order valence-electron chi connectivity index (χ0n) is 10.6. The number of halogens is 6. The Hall–Kier alpha value is -2.04. The summed E-state index contributed by atoms with van der Waals surface area (Å²) in [6.07, 6.45) is -10.3. The van der Waals surface area contributed by atoms with Crippen molar-refractivity contribution in [3.8, 4) is 6.07 Å². The van der Waals surface area contributed by atoms with E-state index in [0.717, 1.165) is 6.92 Å². The average Bonchev–Trinajstić information content (AvgIpc) is 2.32. The van der Waals surface area contributed by atoms with Gasteiger partial charge in [0.15, 0.2) is 0 Å². The van der Waals surface area contributed by atoms with Gasteiger partial charge in [0.25, 0.3) is 0 Å². The fraction of sp³-hybridized carbons (Fsp3) is 0.385. The number of ketones is 1. The van der Waals surface area contributed by atoms with Gasteiger partial charge in [-0.15, -0.1) is 0 Å². The molecule has 0 spiro atoms. The van der Waals surface area contributed by atoms with Gasteiger partial charge in [-0.2, -0.15) is 31.6 Å². The highest BCUT2D eigenvalue weighted by Crippen LogP contribution is 2.39. The van der Waals surface area contributed by atoms with Crippen molar-refractivity contribution in [1.82, 2.24) is 0 Å². The molecule has 114 valence electrons. The number of carbonyl (C=O) groups excluding carboxylic acids is 1. The SMILES string of the molecule is CC(=O)CC(C#N)c1cc(C(F)(F)F)ccc1C(F)(F)F. The molecule has 1 aromatic carbocycles. The molecule has 2 nitrogen and oxygen atoms in total. The number of Topliss-reactive ketones (excluding diaryl/α,β-unsaturated/α-hetero) is 1. The maximum atomic E-state index is 12.8. The first-order valence-electron chi connectivity index (χ1n) is 5.64. The van der Waals surface area contributed by atoms with Gasteiger partial charge >= 0.3 is 12.4 Å². The second-order valence-electron chi connectivity index (χ2n) is 4.39. The van der Waals surface area contributed by atoms with E-state index in [-0.39, 0.29) is 12.1 Å². The van der Waals surface area contributed by atoms with E-state index in [9.17, 15) is 31.1 Å². The van der Waals surface area contributed by atoms with Crippen LogP contribution in [0.5, 0.6) is 0 Å². The summed E-state index contributed by atoms with van der Waals surface area (Å²) in [5.41, 5.74) is -3.48. The third-order valence-corrected chi connectivity index (χ3v) is 2.71. The molecular formula is C13H9F6NO. The fourth-order valence-electron chi connectivity index (χ4n) is 1.80. The quantitative estimate of drug-likeness (QED) is 0.781. The Morgan fingerprint density at radius 2 is 1.76 bits per heavy atom. The molecule has 0 saturated carbocycles. The van der Waals surface area contributed by atoms with Crippen LogP contribution in [0.2, 0.25) is 0 Å². The molecule has 0 aliphatic rings. The topological polar surface area (TPSA) is 40.9 Å². The van der Waals surface area contributed by atoms with Gasteiger partial charge < -0.3 is 0 Å². The predicted molar refractivity (Wildman–Crippen MR) is 60.1 cm³/mol. The van der Waals surface area contributed by atoms with E-state index in [0.29, 0.717) is 6.07 Å². The van der Waals surface area contributed by atoms with Gasteiger partial charge in [0.05, 0.1) is 23.1 Å². The summed E-state index contributed by atoms with van der Waals surface area (Å²) in [4.78, 5) is 11.0. The smallest absolute Gasteiger partial charge is 0.300 e. The zero-order chi connectivity index (χ0) is 16.4. The summed E-state index contributed by atoms with van der Waals surface area (Å²) in [7, 11) is 0. The molecule has 0 bridgehead atoms. The van der Waals surface area contributed by atoms with Gasteiger partial charge in [-0.25, -0.2) is 0 Å². The van der Waals surface area contributed by atoms with E-state index in [4.69, 9.17) is 5.26 Å². The van der Waals surface area contributed by atoms with Crippen molar-refractivity contribution < 1.29 is 31.1 Å². The molecule has 0 aliphatic carbocycles. The first-order valence-corrected chi connectivity index (χ1v) is 5.64. The van der Waals surface area contributed by atoms with Gasteiger partial charge in [0.1, 0.15) is 5.78 Å². The minimum absolute atomic E-state index is 0.277. The third-order valence-electron chi connectivity index (χ3n) is 2.71. The molecule has 0 aromatic heterocycles. The molecule has 0 radical (unpaired) electrons. The minimum atomic E-state index is -4.91. The van der Waals surface area contributed by atoms with Crippen LogP contribution >= 0.6 is 0 Å². The Morgan fingerprint density at radius 3 is 2.14 bits per heavy atom. The Bertz CT molecular complexity index is 582. The highest BCUT2D eigenvalue weighted by Gasteiger charge is 2.38. The molecule has 0 amide bonds. The van der Waals surface area contributed by atoms with Crippen LogP contribution in [0.15, 0.2) is 18.2 Å². The van der Waals surface area contributed by atoms with E-state index in [1.165, 1.54) is 6.07 Å². The van der Waals surface area contributed by atoms with Crippen LogP contribution in [-0.4, -0.2) is 5.78 Å². The van der Waals surface area contributed by atoms with Crippen LogP contribution in [0.4, 0.5) is 26.3 Å². The van der Waals surface area contributed by atoms with Crippen molar-refractivity contribution in [2.24, 2.45) is 0 Å². The molecule has 0 fully saturated rings. The number of alkyl halides is 6. The predicted octanol–water partition coefficient (Wildman–Crippen LogP) is 4.31. The number of carbonyl (C=O) groups is 1. The molecule has 0 heterocycles. The van der Waals surface area contributed by atoms with Crippen molar-refractivity contribution in [3.63, 3.8) is 0 Å². The van der Waals surface area contributed by atoms with Gasteiger partial charge in [0, 0.05) is 6.42 Å². The molecule has 8 heteroatoms. The van der Waals surface area contributed by atoms with Crippen LogP contribution in [0.1, 0.15) is 36.0 Å². The second-order valence-corrected chi connectivity index (χ2v) is 4.39. The molecule has 1 atom stereocenters. The van der Waals surface area contributed by atoms with Crippen LogP contribution in [0, 0.1) is 11.3 Å². The van der Waals surface area contributed by atoms with Gasteiger partial charge in [-0.1, -0.05) is 0 Å². The van der Waals surface area contributed by atoms with Crippen molar-refractivity contribution in [2.45, 2.75) is 31.6 Å². The zero-order valence-corrected chi connectivity index (χ0v) is 10.6. The first-order chi connectivity index (χ1) is 9.46. The summed E-state index contributed by atoms with van der Waals surface area (Å²) < 4.78 is 76.3. The van der Waals surface area contributed by atoms with Gasteiger partial charge in [-0.3, -0.25) is 4.79 Å². The molecule has 1 unspecified atom stereocenters.